The lowest BCUT2D eigenvalue weighted by Gasteiger charge is -2.09. The highest BCUT2D eigenvalue weighted by Crippen LogP contribution is 2.20. The molecule has 1 rings (SSSR count). The first-order valence-corrected chi connectivity index (χ1v) is 5.36. The standard InChI is InChI=1S/C12H14FN3O2/c1-8-10(13)4-9(6-15)5-11(8)16-12(17)7-18-3-2-14/h4-5H,2-3,7,14H2,1H3,(H,16,17). The van der Waals surface area contributed by atoms with E-state index in [2.05, 4.69) is 5.32 Å². The summed E-state index contributed by atoms with van der Waals surface area (Å²) in [7, 11) is 0. The number of ether oxygens (including phenoxy) is 1. The molecule has 0 aliphatic rings. The van der Waals surface area contributed by atoms with Crippen LogP contribution in [0.2, 0.25) is 0 Å². The van der Waals surface area contributed by atoms with Crippen LogP contribution in [-0.2, 0) is 9.53 Å². The van der Waals surface area contributed by atoms with E-state index in [9.17, 15) is 9.18 Å². The minimum atomic E-state index is -0.535. The molecule has 1 aromatic rings. The Hall–Kier alpha value is -1.97. The molecule has 96 valence electrons. The number of benzene rings is 1. The molecule has 0 aliphatic carbocycles. The first-order chi connectivity index (χ1) is 8.58. The molecule has 0 aliphatic heterocycles. The van der Waals surface area contributed by atoms with Gasteiger partial charge >= 0.3 is 0 Å². The van der Waals surface area contributed by atoms with Crippen molar-refractivity contribution in [3.8, 4) is 6.07 Å². The smallest absolute Gasteiger partial charge is 0.250 e. The summed E-state index contributed by atoms with van der Waals surface area (Å²) in [6, 6.07) is 4.36. The number of amides is 1. The van der Waals surface area contributed by atoms with Gasteiger partial charge in [-0.3, -0.25) is 4.79 Å². The molecule has 1 aromatic carbocycles. The van der Waals surface area contributed by atoms with Gasteiger partial charge in [0.1, 0.15) is 12.4 Å². The van der Waals surface area contributed by atoms with E-state index in [1.165, 1.54) is 13.0 Å². The second-order valence-electron chi connectivity index (χ2n) is 3.63. The van der Waals surface area contributed by atoms with Gasteiger partial charge in [0.05, 0.1) is 18.2 Å². The summed E-state index contributed by atoms with van der Waals surface area (Å²) >= 11 is 0. The summed E-state index contributed by atoms with van der Waals surface area (Å²) in [5.74, 6) is -0.951. The largest absolute Gasteiger partial charge is 0.370 e. The van der Waals surface area contributed by atoms with Crippen LogP contribution in [0.25, 0.3) is 0 Å². The number of carbonyl (C=O) groups excluding carboxylic acids is 1. The maximum atomic E-state index is 13.4. The fourth-order valence-electron chi connectivity index (χ4n) is 1.31. The number of nitrogens with one attached hydrogen (secondary N) is 1. The molecule has 0 atom stereocenters. The van der Waals surface area contributed by atoms with Crippen molar-refractivity contribution in [1.29, 1.82) is 5.26 Å². The highest BCUT2D eigenvalue weighted by molar-refractivity contribution is 5.92. The van der Waals surface area contributed by atoms with Crippen LogP contribution in [0.15, 0.2) is 12.1 Å². The Balaban J connectivity index is 2.75. The van der Waals surface area contributed by atoms with Gasteiger partial charge in [-0.15, -0.1) is 0 Å². The topological polar surface area (TPSA) is 88.1 Å². The van der Waals surface area contributed by atoms with Crippen molar-refractivity contribution >= 4 is 11.6 Å². The SMILES string of the molecule is Cc1c(F)cc(C#N)cc1NC(=O)COCCN. The average molecular weight is 251 g/mol. The first kappa shape index (κ1) is 14.1. The third kappa shape index (κ3) is 3.80. The Morgan fingerprint density at radius 2 is 2.33 bits per heavy atom. The molecule has 3 N–H and O–H groups in total. The molecule has 0 spiro atoms. The predicted molar refractivity (Wildman–Crippen MR) is 64.4 cm³/mol. The number of nitriles is 1. The molecule has 0 radical (unpaired) electrons. The summed E-state index contributed by atoms with van der Waals surface area (Å²) in [5.41, 5.74) is 5.91. The molecule has 6 heteroatoms. The van der Waals surface area contributed by atoms with Gasteiger partial charge in [0.25, 0.3) is 0 Å². The van der Waals surface area contributed by atoms with Crippen LogP contribution in [0.5, 0.6) is 0 Å². The zero-order valence-corrected chi connectivity index (χ0v) is 10.00. The molecule has 1 amide bonds. The maximum Gasteiger partial charge on any atom is 0.250 e. The van der Waals surface area contributed by atoms with Crippen molar-refractivity contribution in [3.63, 3.8) is 0 Å². The second-order valence-corrected chi connectivity index (χ2v) is 3.63. The van der Waals surface area contributed by atoms with Crippen molar-refractivity contribution in [2.45, 2.75) is 6.92 Å². The van der Waals surface area contributed by atoms with Crippen LogP contribution in [0.1, 0.15) is 11.1 Å². The van der Waals surface area contributed by atoms with Crippen molar-refractivity contribution in [2.24, 2.45) is 5.73 Å². The van der Waals surface area contributed by atoms with Crippen LogP contribution in [0.3, 0.4) is 0 Å². The van der Waals surface area contributed by atoms with E-state index in [1.807, 2.05) is 6.07 Å². The lowest BCUT2D eigenvalue weighted by atomic mass is 10.1. The summed E-state index contributed by atoms with van der Waals surface area (Å²) in [5, 5.41) is 11.2. The normalized spacial score (nSPS) is 9.89. The summed E-state index contributed by atoms with van der Waals surface area (Å²) in [6.07, 6.45) is 0. The quantitative estimate of drug-likeness (QED) is 0.762. The predicted octanol–water partition coefficient (Wildman–Crippen LogP) is 0.920. The highest BCUT2D eigenvalue weighted by Gasteiger charge is 2.10. The minimum absolute atomic E-state index is 0.149. The zero-order chi connectivity index (χ0) is 13.5. The number of hydrogen-bond acceptors (Lipinski definition) is 4. The molecule has 0 heterocycles. The summed E-state index contributed by atoms with van der Waals surface area (Å²) in [6.45, 7) is 1.96. The van der Waals surface area contributed by atoms with E-state index in [1.54, 1.807) is 0 Å². The van der Waals surface area contributed by atoms with Gasteiger partial charge in [-0.25, -0.2) is 4.39 Å². The summed E-state index contributed by atoms with van der Waals surface area (Å²) < 4.78 is 18.4. The minimum Gasteiger partial charge on any atom is -0.370 e. The van der Waals surface area contributed by atoms with Gasteiger partial charge in [-0.2, -0.15) is 5.26 Å². The molecule has 18 heavy (non-hydrogen) atoms. The summed E-state index contributed by atoms with van der Waals surface area (Å²) in [4.78, 5) is 11.5. The second kappa shape index (κ2) is 6.69. The van der Waals surface area contributed by atoms with E-state index >= 15 is 0 Å². The van der Waals surface area contributed by atoms with Crippen LogP contribution in [0, 0.1) is 24.1 Å². The lowest BCUT2D eigenvalue weighted by Crippen LogP contribution is -2.21. The highest BCUT2D eigenvalue weighted by atomic mass is 19.1. The number of carbonyl (C=O) groups is 1. The van der Waals surface area contributed by atoms with Crippen molar-refractivity contribution in [3.05, 3.63) is 29.1 Å². The molecule has 0 saturated carbocycles. The van der Waals surface area contributed by atoms with E-state index in [-0.39, 0.29) is 30.0 Å². The Morgan fingerprint density at radius 3 is 2.94 bits per heavy atom. The van der Waals surface area contributed by atoms with Gasteiger partial charge in [-0.05, 0) is 19.1 Å². The van der Waals surface area contributed by atoms with E-state index in [4.69, 9.17) is 15.7 Å². The van der Waals surface area contributed by atoms with Crippen LogP contribution < -0.4 is 11.1 Å². The maximum absolute atomic E-state index is 13.4. The zero-order valence-electron chi connectivity index (χ0n) is 10.00. The van der Waals surface area contributed by atoms with Gasteiger partial charge in [-0.1, -0.05) is 0 Å². The molecule has 0 unspecified atom stereocenters. The fraction of sp³-hybridized carbons (Fsp3) is 0.333. The lowest BCUT2D eigenvalue weighted by molar-refractivity contribution is -0.120. The van der Waals surface area contributed by atoms with Crippen LogP contribution in [-0.4, -0.2) is 25.7 Å². The first-order valence-electron chi connectivity index (χ1n) is 5.36. The average Bonchev–Trinajstić information content (AvgIpc) is 2.35. The monoisotopic (exact) mass is 251 g/mol. The Labute approximate surface area is 104 Å². The third-order valence-corrected chi connectivity index (χ3v) is 2.24. The van der Waals surface area contributed by atoms with Crippen LogP contribution in [0.4, 0.5) is 10.1 Å². The molecular formula is C12H14FN3O2. The molecular weight excluding hydrogens is 237 g/mol. The fourth-order valence-corrected chi connectivity index (χ4v) is 1.31. The van der Waals surface area contributed by atoms with Gasteiger partial charge in [0.15, 0.2) is 0 Å². The van der Waals surface area contributed by atoms with Crippen molar-refractivity contribution in [1.82, 2.24) is 0 Å². The molecule has 5 nitrogen and oxygen atoms in total. The number of halogens is 1. The molecule has 0 aromatic heterocycles. The van der Waals surface area contributed by atoms with E-state index < -0.39 is 11.7 Å². The van der Waals surface area contributed by atoms with Crippen LogP contribution >= 0.6 is 0 Å². The Kier molecular flexibility index (Phi) is 5.24. The molecule has 0 bridgehead atoms. The number of anilines is 1. The number of rotatable bonds is 5. The van der Waals surface area contributed by atoms with Gasteiger partial charge in [0, 0.05) is 17.8 Å². The van der Waals surface area contributed by atoms with E-state index in [0.717, 1.165) is 6.07 Å². The van der Waals surface area contributed by atoms with Crippen molar-refractivity contribution < 1.29 is 13.9 Å². The number of hydrogen-bond donors (Lipinski definition) is 2. The van der Waals surface area contributed by atoms with Gasteiger partial charge in [0.2, 0.25) is 5.91 Å². The van der Waals surface area contributed by atoms with Crippen molar-refractivity contribution in [2.75, 3.05) is 25.1 Å². The number of nitrogens with zero attached hydrogens (tertiary/aromatic N) is 1. The Bertz CT molecular complexity index is 483. The third-order valence-electron chi connectivity index (χ3n) is 2.24. The Morgan fingerprint density at radius 1 is 1.61 bits per heavy atom. The number of nitrogens with two attached hydrogens (primary N) is 1. The van der Waals surface area contributed by atoms with Gasteiger partial charge < -0.3 is 15.8 Å². The molecule has 0 fully saturated rings. The molecule has 0 saturated heterocycles. The van der Waals surface area contributed by atoms with E-state index in [0.29, 0.717) is 6.54 Å².